The highest BCUT2D eigenvalue weighted by atomic mass is 15.0. The fourth-order valence-corrected chi connectivity index (χ4v) is 8.26. The van der Waals surface area contributed by atoms with E-state index in [1.807, 2.05) is 0 Å². The monoisotopic (exact) mass is 693 g/mol. The number of para-hydroxylation sites is 3. The number of aromatic nitrogens is 3. The van der Waals surface area contributed by atoms with Crippen molar-refractivity contribution in [2.75, 3.05) is 0 Å². The molecule has 10 aromatic rings. The Bertz CT molecular complexity index is 2650. The van der Waals surface area contributed by atoms with Crippen LogP contribution in [0.5, 0.6) is 0 Å². The van der Waals surface area contributed by atoms with E-state index in [-0.39, 0.29) is 0 Å². The topological polar surface area (TPSA) is 14.8 Å². The highest BCUT2D eigenvalue weighted by Gasteiger charge is 2.13. The molecular formula is C51H39N3. The third-order valence-corrected chi connectivity index (χ3v) is 11.1. The van der Waals surface area contributed by atoms with Crippen LogP contribution in [0.3, 0.4) is 0 Å². The average molecular weight is 694 g/mol. The molecule has 0 aliphatic carbocycles. The smallest absolute Gasteiger partial charge is 0.0531 e. The van der Waals surface area contributed by atoms with Gasteiger partial charge < -0.3 is 13.7 Å². The van der Waals surface area contributed by atoms with Crippen LogP contribution in [-0.4, -0.2) is 13.7 Å². The molecule has 3 nitrogen and oxygen atoms in total. The number of benzene rings is 7. The molecule has 0 fully saturated rings. The zero-order valence-corrected chi connectivity index (χ0v) is 30.7. The number of hydrogen-bond donors (Lipinski definition) is 0. The van der Waals surface area contributed by atoms with E-state index in [1.165, 1.54) is 82.8 Å². The summed E-state index contributed by atoms with van der Waals surface area (Å²) in [5.41, 5.74) is 18.1. The van der Waals surface area contributed by atoms with E-state index in [0.29, 0.717) is 0 Å². The maximum Gasteiger partial charge on any atom is 0.0531 e. The molecule has 3 heterocycles. The minimum atomic E-state index is 1.16. The zero-order chi connectivity index (χ0) is 36.3. The van der Waals surface area contributed by atoms with Crippen molar-refractivity contribution >= 4 is 32.7 Å². The van der Waals surface area contributed by atoms with E-state index in [0.717, 1.165) is 17.1 Å². The first-order valence-electron chi connectivity index (χ1n) is 18.7. The zero-order valence-electron chi connectivity index (χ0n) is 30.7. The van der Waals surface area contributed by atoms with Gasteiger partial charge in [0.05, 0.1) is 16.6 Å². The van der Waals surface area contributed by atoms with Gasteiger partial charge >= 0.3 is 0 Å². The Labute approximate surface area is 315 Å². The summed E-state index contributed by atoms with van der Waals surface area (Å²) in [4.78, 5) is 0. The van der Waals surface area contributed by atoms with Gasteiger partial charge in [-0.1, -0.05) is 91.0 Å². The van der Waals surface area contributed by atoms with Crippen molar-refractivity contribution in [3.8, 4) is 50.4 Å². The minimum absolute atomic E-state index is 1.16. The number of hydrogen-bond acceptors (Lipinski definition) is 0. The number of fused-ring (bicyclic) bond motifs is 3. The van der Waals surface area contributed by atoms with Crippen LogP contribution in [0.2, 0.25) is 0 Å². The molecule has 0 aliphatic heterocycles. The van der Waals surface area contributed by atoms with Crippen molar-refractivity contribution in [3.05, 3.63) is 199 Å². The third kappa shape index (κ3) is 5.36. The van der Waals surface area contributed by atoms with Gasteiger partial charge in [0.25, 0.3) is 0 Å². The molecule has 0 spiro atoms. The van der Waals surface area contributed by atoms with Crippen LogP contribution in [0.25, 0.3) is 83.2 Å². The largest absolute Gasteiger partial charge is 0.316 e. The lowest BCUT2D eigenvalue weighted by molar-refractivity contribution is 1.12. The SMILES string of the molecule is Cc1cn(-c2ccc(-c3cc(-c4ccc(-n5cc(C)c6ccccc65)cc4)cc(-c4ccc(-n5cc(C)c6ccccc65)cc4)c3)cc2)c2ccccc12. The van der Waals surface area contributed by atoms with Gasteiger partial charge in [0.2, 0.25) is 0 Å². The van der Waals surface area contributed by atoms with Crippen molar-refractivity contribution in [1.82, 2.24) is 13.7 Å². The average Bonchev–Trinajstić information content (AvgIpc) is 3.88. The molecule has 0 radical (unpaired) electrons. The Morgan fingerprint density at radius 1 is 0.278 bits per heavy atom. The number of nitrogens with zero attached hydrogens (tertiary/aromatic N) is 3. The maximum absolute atomic E-state index is 2.33. The summed E-state index contributed by atoms with van der Waals surface area (Å²) in [6.45, 7) is 6.55. The highest BCUT2D eigenvalue weighted by molar-refractivity contribution is 5.88. The first kappa shape index (κ1) is 31.9. The third-order valence-electron chi connectivity index (χ3n) is 11.1. The highest BCUT2D eigenvalue weighted by Crippen LogP contribution is 2.36. The van der Waals surface area contributed by atoms with Gasteiger partial charge in [-0.15, -0.1) is 0 Å². The Morgan fingerprint density at radius 3 is 0.815 bits per heavy atom. The second-order valence-electron chi connectivity index (χ2n) is 14.5. The summed E-state index contributed by atoms with van der Waals surface area (Å²) in [6, 6.07) is 59.9. The molecule has 0 saturated carbocycles. The lowest BCUT2D eigenvalue weighted by Crippen LogP contribution is -1.93. The van der Waals surface area contributed by atoms with Gasteiger partial charge in [0.15, 0.2) is 0 Å². The summed E-state index contributed by atoms with van der Waals surface area (Å²) in [5, 5.41) is 3.86. The molecule has 0 saturated heterocycles. The molecule has 10 rings (SSSR count). The normalized spacial score (nSPS) is 11.6. The fourth-order valence-electron chi connectivity index (χ4n) is 8.26. The van der Waals surface area contributed by atoms with Crippen LogP contribution in [0.15, 0.2) is 182 Å². The van der Waals surface area contributed by atoms with Crippen molar-refractivity contribution in [3.63, 3.8) is 0 Å². The van der Waals surface area contributed by atoms with Gasteiger partial charge in [-0.3, -0.25) is 0 Å². The Kier molecular flexibility index (Phi) is 7.48. The Balaban J connectivity index is 1.05. The second-order valence-corrected chi connectivity index (χ2v) is 14.5. The van der Waals surface area contributed by atoms with Gasteiger partial charge in [-0.2, -0.15) is 0 Å². The van der Waals surface area contributed by atoms with E-state index in [4.69, 9.17) is 0 Å². The predicted octanol–water partition coefficient (Wildman–Crippen LogP) is 13.4. The van der Waals surface area contributed by atoms with Gasteiger partial charge in [0, 0.05) is 51.8 Å². The molecule has 0 N–H and O–H groups in total. The van der Waals surface area contributed by atoms with Crippen molar-refractivity contribution in [2.24, 2.45) is 0 Å². The molecule has 3 heteroatoms. The van der Waals surface area contributed by atoms with Crippen LogP contribution < -0.4 is 0 Å². The van der Waals surface area contributed by atoms with Crippen LogP contribution >= 0.6 is 0 Å². The molecule has 7 aromatic carbocycles. The standard InChI is InChI=1S/C51H39N3/c1-34-31-52(49-13-7-4-10-46(34)49)43-22-16-37(17-23-43)40-28-41(38-18-24-44(25-19-38)53-32-35(2)47-11-5-8-14-50(47)53)30-42(29-40)39-20-26-45(27-21-39)54-33-36(3)48-12-6-9-15-51(48)54/h4-33H,1-3H3. The summed E-state index contributed by atoms with van der Waals surface area (Å²) in [7, 11) is 0. The lowest BCUT2D eigenvalue weighted by atomic mass is 9.93. The van der Waals surface area contributed by atoms with E-state index in [9.17, 15) is 0 Å². The first-order chi connectivity index (χ1) is 26.5. The van der Waals surface area contributed by atoms with Crippen molar-refractivity contribution in [2.45, 2.75) is 20.8 Å². The number of rotatable bonds is 6. The van der Waals surface area contributed by atoms with E-state index in [1.54, 1.807) is 0 Å². The van der Waals surface area contributed by atoms with E-state index in [2.05, 4.69) is 217 Å². The van der Waals surface area contributed by atoms with Gasteiger partial charge in [-0.25, -0.2) is 0 Å². The number of aryl methyl sites for hydroxylation is 3. The van der Waals surface area contributed by atoms with Crippen LogP contribution in [-0.2, 0) is 0 Å². The Morgan fingerprint density at radius 2 is 0.537 bits per heavy atom. The summed E-state index contributed by atoms with van der Waals surface area (Å²) >= 11 is 0. The molecule has 0 amide bonds. The summed E-state index contributed by atoms with van der Waals surface area (Å²) in [5.74, 6) is 0. The van der Waals surface area contributed by atoms with Crippen LogP contribution in [0, 0.1) is 20.8 Å². The Hall–Kier alpha value is -6.84. The van der Waals surface area contributed by atoms with Crippen LogP contribution in [0.4, 0.5) is 0 Å². The summed E-state index contributed by atoms with van der Waals surface area (Å²) in [6.07, 6.45) is 6.71. The predicted molar refractivity (Wildman–Crippen MR) is 227 cm³/mol. The molecule has 0 aliphatic rings. The lowest BCUT2D eigenvalue weighted by Gasteiger charge is -2.14. The maximum atomic E-state index is 2.33. The van der Waals surface area contributed by atoms with Gasteiger partial charge in [-0.05, 0) is 144 Å². The first-order valence-corrected chi connectivity index (χ1v) is 18.7. The molecule has 0 atom stereocenters. The van der Waals surface area contributed by atoms with Crippen molar-refractivity contribution < 1.29 is 0 Å². The molecule has 54 heavy (non-hydrogen) atoms. The van der Waals surface area contributed by atoms with Crippen LogP contribution in [0.1, 0.15) is 16.7 Å². The molecule has 0 bridgehead atoms. The molecular weight excluding hydrogens is 655 g/mol. The molecule has 3 aromatic heterocycles. The van der Waals surface area contributed by atoms with Gasteiger partial charge in [0.1, 0.15) is 0 Å². The fraction of sp³-hybridized carbons (Fsp3) is 0.0588. The quantitative estimate of drug-likeness (QED) is 0.165. The molecule has 0 unspecified atom stereocenters. The van der Waals surface area contributed by atoms with Crippen molar-refractivity contribution in [1.29, 1.82) is 0 Å². The van der Waals surface area contributed by atoms with E-state index < -0.39 is 0 Å². The van der Waals surface area contributed by atoms with E-state index >= 15 is 0 Å². The molecule has 258 valence electrons. The summed E-state index contributed by atoms with van der Waals surface area (Å²) < 4.78 is 6.89. The second kappa shape index (κ2) is 12.7. The minimum Gasteiger partial charge on any atom is -0.316 e.